The first kappa shape index (κ1) is 33.6. The van der Waals surface area contributed by atoms with Gasteiger partial charge in [0.25, 0.3) is 0 Å². The van der Waals surface area contributed by atoms with Gasteiger partial charge >= 0.3 is 0 Å². The SMILES string of the molecule is CC=CC(F)=C(CN1CC(CCC(=O)c2ccc3[nH]nc(-c4ccnc(C)c4)c3c2)CCC1C(=O)N(C)CC1CCC1)C(F)CC. The summed E-state index contributed by atoms with van der Waals surface area (Å²) in [5.74, 6) is 0.156. The number of Topliss-reactive ketones (excluding diaryl/α,β-unsaturated/α-hetero) is 1. The number of allylic oxidation sites excluding steroid dienone is 3. The molecule has 5 rings (SSSR count). The second-order valence-electron chi connectivity index (χ2n) is 13.1. The number of ketones is 1. The lowest BCUT2D eigenvalue weighted by Crippen LogP contribution is -2.53. The smallest absolute Gasteiger partial charge is 0.239 e. The summed E-state index contributed by atoms with van der Waals surface area (Å²) in [6.45, 7) is 6.63. The summed E-state index contributed by atoms with van der Waals surface area (Å²) < 4.78 is 30.2. The molecule has 0 spiro atoms. The summed E-state index contributed by atoms with van der Waals surface area (Å²) in [5.41, 5.74) is 4.18. The summed E-state index contributed by atoms with van der Waals surface area (Å²) in [7, 11) is 1.85. The molecule has 9 heteroatoms. The molecule has 3 aromatic rings. The second-order valence-corrected chi connectivity index (χ2v) is 13.1. The fraction of sp³-hybridized carbons (Fsp3) is 0.514. The molecular weight excluding hydrogens is 584 g/mol. The molecule has 0 bridgehead atoms. The molecule has 1 aliphatic carbocycles. The molecule has 1 aliphatic heterocycles. The monoisotopic (exact) mass is 631 g/mol. The summed E-state index contributed by atoms with van der Waals surface area (Å²) in [5, 5.41) is 8.44. The molecule has 1 amide bonds. The van der Waals surface area contributed by atoms with Crippen molar-refractivity contribution in [3.63, 3.8) is 0 Å². The standard InChI is InChI=1S/C37H47F2N5O2/c1-5-8-32(39)30(31(38)6-2)23-44-22-26(11-15-34(44)37(46)43(4)21-25-9-7-10-25)12-16-35(45)27-13-14-33-29(20-27)36(42-41-33)28-17-18-40-24(3)19-28/h5,8,13-14,17-20,25-26,31,34H,6-7,9-12,15-16,21-23H2,1-4H3,(H,41,42). The number of carbonyl (C=O) groups is 2. The van der Waals surface area contributed by atoms with Crippen molar-refractivity contribution < 1.29 is 18.4 Å². The minimum Gasteiger partial charge on any atom is -0.344 e. The molecule has 3 unspecified atom stereocenters. The first-order valence-corrected chi connectivity index (χ1v) is 16.8. The number of hydrogen-bond acceptors (Lipinski definition) is 5. The van der Waals surface area contributed by atoms with Gasteiger partial charge in [0, 0.05) is 67.1 Å². The molecule has 3 heterocycles. The molecule has 2 fully saturated rings. The minimum absolute atomic E-state index is 0.0211. The average Bonchev–Trinajstić information content (AvgIpc) is 3.47. The van der Waals surface area contributed by atoms with Crippen LogP contribution in [0.4, 0.5) is 8.78 Å². The number of pyridine rings is 1. The number of halogens is 2. The molecule has 3 atom stereocenters. The Morgan fingerprint density at radius 3 is 2.65 bits per heavy atom. The van der Waals surface area contributed by atoms with E-state index in [-0.39, 0.29) is 36.1 Å². The third-order valence-corrected chi connectivity index (χ3v) is 9.76. The lowest BCUT2D eigenvalue weighted by molar-refractivity contribution is -0.138. The maximum Gasteiger partial charge on any atom is 0.239 e. The summed E-state index contributed by atoms with van der Waals surface area (Å²) >= 11 is 0. The molecular formula is C37H47F2N5O2. The van der Waals surface area contributed by atoms with Crippen LogP contribution < -0.4 is 0 Å². The molecule has 1 saturated heterocycles. The number of rotatable bonds is 13. The Morgan fingerprint density at radius 1 is 1.15 bits per heavy atom. The molecule has 46 heavy (non-hydrogen) atoms. The van der Waals surface area contributed by atoms with E-state index in [1.807, 2.05) is 54.1 Å². The number of aromatic nitrogens is 3. The zero-order valence-corrected chi connectivity index (χ0v) is 27.6. The van der Waals surface area contributed by atoms with Gasteiger partial charge in [-0.2, -0.15) is 5.10 Å². The molecule has 2 aromatic heterocycles. The van der Waals surface area contributed by atoms with Crippen LogP contribution in [0.2, 0.25) is 0 Å². The quantitative estimate of drug-likeness (QED) is 0.154. The topological polar surface area (TPSA) is 82.2 Å². The van der Waals surface area contributed by atoms with Crippen molar-refractivity contribution in [3.8, 4) is 11.3 Å². The van der Waals surface area contributed by atoms with Gasteiger partial charge in [-0.05, 0) is 101 Å². The minimum atomic E-state index is -1.43. The van der Waals surface area contributed by atoms with Crippen LogP contribution in [0.25, 0.3) is 22.2 Å². The van der Waals surface area contributed by atoms with Crippen molar-refractivity contribution in [2.75, 3.05) is 26.7 Å². The second kappa shape index (κ2) is 15.2. The zero-order chi connectivity index (χ0) is 32.8. The number of hydrogen-bond donors (Lipinski definition) is 1. The highest BCUT2D eigenvalue weighted by atomic mass is 19.1. The first-order chi connectivity index (χ1) is 22.2. The van der Waals surface area contributed by atoms with Gasteiger partial charge in [-0.25, -0.2) is 8.78 Å². The highest BCUT2D eigenvalue weighted by Gasteiger charge is 2.37. The molecule has 246 valence electrons. The Labute approximate surface area is 271 Å². The number of fused-ring (bicyclic) bond motifs is 1. The van der Waals surface area contributed by atoms with Crippen LogP contribution in [0.15, 0.2) is 60.1 Å². The van der Waals surface area contributed by atoms with Crippen molar-refractivity contribution >= 4 is 22.6 Å². The van der Waals surface area contributed by atoms with Crippen molar-refractivity contribution in [1.82, 2.24) is 25.0 Å². The average molecular weight is 632 g/mol. The Hall–Kier alpha value is -3.72. The molecule has 7 nitrogen and oxygen atoms in total. The Balaban J connectivity index is 1.30. The fourth-order valence-electron chi connectivity index (χ4n) is 6.85. The highest BCUT2D eigenvalue weighted by Crippen LogP contribution is 2.32. The van der Waals surface area contributed by atoms with Crippen LogP contribution in [-0.2, 0) is 4.79 Å². The normalized spacial score (nSPS) is 20.5. The van der Waals surface area contributed by atoms with Crippen LogP contribution >= 0.6 is 0 Å². The van der Waals surface area contributed by atoms with E-state index in [2.05, 4.69) is 15.2 Å². The van der Waals surface area contributed by atoms with Crippen LogP contribution in [0.5, 0.6) is 0 Å². The number of piperidine rings is 1. The number of aryl methyl sites for hydroxylation is 1. The lowest BCUT2D eigenvalue weighted by atomic mass is 9.84. The van der Waals surface area contributed by atoms with Gasteiger partial charge in [-0.1, -0.05) is 19.4 Å². The van der Waals surface area contributed by atoms with E-state index in [1.54, 1.807) is 26.1 Å². The van der Waals surface area contributed by atoms with E-state index in [0.29, 0.717) is 37.3 Å². The maximum absolute atomic E-state index is 15.1. The predicted octanol–water partition coefficient (Wildman–Crippen LogP) is 7.78. The largest absolute Gasteiger partial charge is 0.344 e. The van der Waals surface area contributed by atoms with E-state index < -0.39 is 18.0 Å². The molecule has 1 saturated carbocycles. The van der Waals surface area contributed by atoms with E-state index in [9.17, 15) is 9.59 Å². The Morgan fingerprint density at radius 2 is 1.96 bits per heavy atom. The summed E-state index contributed by atoms with van der Waals surface area (Å²) in [4.78, 5) is 35.2. The molecule has 2 aliphatic rings. The van der Waals surface area contributed by atoms with Crippen molar-refractivity contribution in [3.05, 3.63) is 71.3 Å². The summed E-state index contributed by atoms with van der Waals surface area (Å²) in [6, 6.07) is 9.06. The van der Waals surface area contributed by atoms with Crippen LogP contribution in [0, 0.1) is 18.8 Å². The van der Waals surface area contributed by atoms with Crippen LogP contribution in [0.1, 0.15) is 81.3 Å². The van der Waals surface area contributed by atoms with Gasteiger partial charge in [0.05, 0.1) is 11.6 Å². The number of amides is 1. The van der Waals surface area contributed by atoms with Crippen LogP contribution in [0.3, 0.4) is 0 Å². The van der Waals surface area contributed by atoms with Gasteiger partial charge < -0.3 is 4.90 Å². The Bertz CT molecular complexity index is 1590. The number of benzene rings is 1. The van der Waals surface area contributed by atoms with Gasteiger partial charge in [-0.3, -0.25) is 24.6 Å². The number of likely N-dealkylation sites (tertiary alicyclic amines) is 1. The third kappa shape index (κ3) is 7.80. The van der Waals surface area contributed by atoms with Crippen LogP contribution in [-0.4, -0.2) is 75.6 Å². The van der Waals surface area contributed by atoms with Crippen molar-refractivity contribution in [2.24, 2.45) is 11.8 Å². The highest BCUT2D eigenvalue weighted by molar-refractivity contribution is 6.02. The van der Waals surface area contributed by atoms with Gasteiger partial charge in [-0.15, -0.1) is 0 Å². The molecule has 1 N–H and O–H groups in total. The number of nitrogens with one attached hydrogen (secondary N) is 1. The molecule has 0 radical (unpaired) electrons. The number of alkyl halides is 1. The number of H-pyrrole nitrogens is 1. The number of carbonyl (C=O) groups excluding carboxylic acids is 2. The third-order valence-electron chi connectivity index (χ3n) is 9.76. The fourth-order valence-corrected chi connectivity index (χ4v) is 6.85. The predicted molar refractivity (Wildman–Crippen MR) is 179 cm³/mol. The summed E-state index contributed by atoms with van der Waals surface area (Å²) in [6.07, 6.45) is 9.21. The van der Waals surface area contributed by atoms with Crippen molar-refractivity contribution in [1.29, 1.82) is 0 Å². The maximum atomic E-state index is 15.1. The van der Waals surface area contributed by atoms with E-state index >= 15 is 8.78 Å². The van der Waals surface area contributed by atoms with Gasteiger partial charge in [0.2, 0.25) is 5.91 Å². The van der Waals surface area contributed by atoms with E-state index in [4.69, 9.17) is 0 Å². The molecule has 1 aromatic carbocycles. The van der Waals surface area contributed by atoms with E-state index in [1.165, 1.54) is 12.5 Å². The number of likely N-dealkylation sites (N-methyl/N-ethyl adjacent to an activating group) is 1. The first-order valence-electron chi connectivity index (χ1n) is 16.8. The number of nitrogens with zero attached hydrogens (tertiary/aromatic N) is 4. The number of aromatic amines is 1. The van der Waals surface area contributed by atoms with Crippen molar-refractivity contribution in [2.45, 2.75) is 84.4 Å². The lowest BCUT2D eigenvalue weighted by Gasteiger charge is -2.42. The van der Waals surface area contributed by atoms with Gasteiger partial charge in [0.15, 0.2) is 5.78 Å². The van der Waals surface area contributed by atoms with Gasteiger partial charge in [0.1, 0.15) is 17.7 Å². The van der Waals surface area contributed by atoms with E-state index in [0.717, 1.165) is 53.7 Å². The Kier molecular flexibility index (Phi) is 11.1. The zero-order valence-electron chi connectivity index (χ0n) is 27.6.